The summed E-state index contributed by atoms with van der Waals surface area (Å²) in [5.74, 6) is 0. The first-order chi connectivity index (χ1) is 6.89. The van der Waals surface area contributed by atoms with Crippen LogP contribution in [0.5, 0.6) is 0 Å². The van der Waals surface area contributed by atoms with E-state index in [1.807, 2.05) is 0 Å². The molecule has 80 valence electrons. The van der Waals surface area contributed by atoms with Gasteiger partial charge in [0.25, 0.3) is 0 Å². The van der Waals surface area contributed by atoms with Gasteiger partial charge in [-0.1, -0.05) is 0 Å². The van der Waals surface area contributed by atoms with Gasteiger partial charge in [-0.25, -0.2) is 0 Å². The zero-order valence-corrected chi connectivity index (χ0v) is 7.84. The molecule has 2 N–H and O–H groups in total. The normalized spacial score (nSPS) is 12.3. The van der Waals surface area contributed by atoms with Crippen LogP contribution in [0.25, 0.3) is 10.9 Å². The summed E-state index contributed by atoms with van der Waals surface area (Å²) in [5, 5.41) is 3.79. The van der Waals surface area contributed by atoms with Crippen molar-refractivity contribution in [3.63, 3.8) is 0 Å². The van der Waals surface area contributed by atoms with Crippen LogP contribution in [0.1, 0.15) is 5.69 Å². The third-order valence-electron chi connectivity index (χ3n) is 2.13. The van der Waals surface area contributed by atoms with E-state index >= 15 is 0 Å². The summed E-state index contributed by atoms with van der Waals surface area (Å²) in [7, 11) is 1.26. The van der Waals surface area contributed by atoms with Crippen LogP contribution in [0.15, 0.2) is 18.2 Å². The summed E-state index contributed by atoms with van der Waals surface area (Å²) < 4.78 is 38.7. The van der Waals surface area contributed by atoms with Crippen molar-refractivity contribution < 1.29 is 13.2 Å². The van der Waals surface area contributed by atoms with Crippen molar-refractivity contribution in [3.8, 4) is 0 Å². The monoisotopic (exact) mass is 215 g/mol. The number of aryl methyl sites for hydroxylation is 1. The lowest BCUT2D eigenvalue weighted by molar-refractivity contribution is -0.142. The lowest BCUT2D eigenvalue weighted by Crippen LogP contribution is -2.11. The molecule has 0 saturated carbocycles. The second kappa shape index (κ2) is 2.88. The van der Waals surface area contributed by atoms with Gasteiger partial charge in [-0.05, 0) is 18.2 Å². The minimum absolute atomic E-state index is 0.0324. The quantitative estimate of drug-likeness (QED) is 0.684. The molecule has 1 aromatic carbocycles. The number of fused-ring (bicyclic) bond motifs is 1. The Balaban J connectivity index is 2.82. The molecule has 1 aromatic heterocycles. The van der Waals surface area contributed by atoms with E-state index in [9.17, 15) is 13.2 Å². The second-order valence-electron chi connectivity index (χ2n) is 3.25. The van der Waals surface area contributed by atoms with Gasteiger partial charge in [-0.3, -0.25) is 4.68 Å². The first-order valence-electron chi connectivity index (χ1n) is 4.19. The zero-order valence-electron chi connectivity index (χ0n) is 7.84. The van der Waals surface area contributed by atoms with Crippen LogP contribution in [0.2, 0.25) is 0 Å². The largest absolute Gasteiger partial charge is 0.433 e. The van der Waals surface area contributed by atoms with Crippen molar-refractivity contribution in [2.45, 2.75) is 6.18 Å². The summed E-state index contributed by atoms with van der Waals surface area (Å²) >= 11 is 0. The van der Waals surface area contributed by atoms with E-state index in [1.165, 1.54) is 25.2 Å². The Bertz CT molecular complexity index is 513. The molecular weight excluding hydrogens is 207 g/mol. The average Bonchev–Trinajstić information content (AvgIpc) is 2.38. The van der Waals surface area contributed by atoms with E-state index in [0.717, 1.165) is 4.68 Å². The minimum atomic E-state index is -4.42. The molecule has 1 heterocycles. The summed E-state index contributed by atoms with van der Waals surface area (Å²) in [5.41, 5.74) is 5.25. The highest BCUT2D eigenvalue weighted by molar-refractivity contribution is 5.85. The summed E-state index contributed by atoms with van der Waals surface area (Å²) in [6, 6.07) is 4.28. The van der Waals surface area contributed by atoms with Crippen LogP contribution in [0, 0.1) is 0 Å². The standard InChI is InChI=1S/C9H8F3N3/c1-15-8(9(10,11)12)6-4-5(13)2-3-7(6)14-15/h2-4H,13H2,1H3. The third-order valence-corrected chi connectivity index (χ3v) is 2.13. The lowest BCUT2D eigenvalue weighted by atomic mass is 10.2. The van der Waals surface area contributed by atoms with Gasteiger partial charge in [-0.2, -0.15) is 18.3 Å². The fraction of sp³-hybridized carbons (Fsp3) is 0.222. The molecule has 0 aliphatic rings. The van der Waals surface area contributed by atoms with Crippen molar-refractivity contribution in [3.05, 3.63) is 23.9 Å². The van der Waals surface area contributed by atoms with Gasteiger partial charge in [0.15, 0.2) is 0 Å². The van der Waals surface area contributed by atoms with Crippen molar-refractivity contribution in [1.29, 1.82) is 0 Å². The average molecular weight is 215 g/mol. The van der Waals surface area contributed by atoms with Gasteiger partial charge in [0.2, 0.25) is 0 Å². The fourth-order valence-electron chi connectivity index (χ4n) is 1.55. The number of nitrogens with zero attached hydrogens (tertiary/aromatic N) is 2. The molecular formula is C9H8F3N3. The van der Waals surface area contributed by atoms with Gasteiger partial charge >= 0.3 is 6.18 Å². The number of halogens is 3. The van der Waals surface area contributed by atoms with E-state index in [4.69, 9.17) is 5.73 Å². The van der Waals surface area contributed by atoms with Crippen molar-refractivity contribution >= 4 is 16.6 Å². The van der Waals surface area contributed by atoms with Crippen LogP contribution < -0.4 is 5.73 Å². The number of aromatic nitrogens is 2. The number of alkyl halides is 3. The van der Waals surface area contributed by atoms with Gasteiger partial charge in [0, 0.05) is 18.1 Å². The third kappa shape index (κ3) is 1.51. The molecule has 0 aliphatic carbocycles. The fourth-order valence-corrected chi connectivity index (χ4v) is 1.55. The second-order valence-corrected chi connectivity index (χ2v) is 3.25. The minimum Gasteiger partial charge on any atom is -0.399 e. The Kier molecular flexibility index (Phi) is 1.89. The number of nitrogen functional groups attached to an aromatic ring is 1. The molecule has 0 bridgehead atoms. The molecule has 3 nitrogen and oxygen atoms in total. The first kappa shape index (κ1) is 9.82. The molecule has 15 heavy (non-hydrogen) atoms. The van der Waals surface area contributed by atoms with Gasteiger partial charge in [0.1, 0.15) is 5.69 Å². The van der Waals surface area contributed by atoms with Crippen molar-refractivity contribution in [2.24, 2.45) is 7.05 Å². The summed E-state index contributed by atoms with van der Waals surface area (Å²) in [6.07, 6.45) is -4.42. The maximum absolute atomic E-state index is 12.6. The van der Waals surface area contributed by atoms with Crippen LogP contribution in [-0.2, 0) is 13.2 Å². The summed E-state index contributed by atoms with van der Waals surface area (Å²) in [4.78, 5) is 0. The molecule has 0 amide bonds. The molecule has 0 unspecified atom stereocenters. The molecule has 0 spiro atoms. The van der Waals surface area contributed by atoms with E-state index in [1.54, 1.807) is 0 Å². The lowest BCUT2D eigenvalue weighted by Gasteiger charge is -2.06. The van der Waals surface area contributed by atoms with E-state index < -0.39 is 11.9 Å². The first-order valence-corrected chi connectivity index (χ1v) is 4.19. The van der Waals surface area contributed by atoms with E-state index in [0.29, 0.717) is 11.2 Å². The predicted octanol–water partition coefficient (Wildman–Crippen LogP) is 2.17. The van der Waals surface area contributed by atoms with Gasteiger partial charge < -0.3 is 5.73 Å². The maximum atomic E-state index is 12.6. The highest BCUT2D eigenvalue weighted by Gasteiger charge is 2.36. The van der Waals surface area contributed by atoms with Crippen molar-refractivity contribution in [2.75, 3.05) is 5.73 Å². The summed E-state index contributed by atoms with van der Waals surface area (Å²) in [6.45, 7) is 0. The molecule has 0 radical (unpaired) electrons. The highest BCUT2D eigenvalue weighted by Crippen LogP contribution is 2.34. The Labute approximate surface area is 83.3 Å². The van der Waals surface area contributed by atoms with Gasteiger partial charge in [0.05, 0.1) is 5.52 Å². The number of hydrogen-bond donors (Lipinski definition) is 1. The topological polar surface area (TPSA) is 43.8 Å². The number of rotatable bonds is 0. The van der Waals surface area contributed by atoms with Crippen LogP contribution in [0.3, 0.4) is 0 Å². The highest BCUT2D eigenvalue weighted by atomic mass is 19.4. The number of nitrogens with two attached hydrogens (primary N) is 1. The number of hydrogen-bond acceptors (Lipinski definition) is 2. The van der Waals surface area contributed by atoms with E-state index in [-0.39, 0.29) is 5.39 Å². The SMILES string of the molecule is Cn1nc2ccc(N)cc2c1C(F)(F)F. The Morgan fingerprint density at radius 3 is 2.60 bits per heavy atom. The van der Waals surface area contributed by atoms with Crippen molar-refractivity contribution in [1.82, 2.24) is 9.78 Å². The Morgan fingerprint density at radius 1 is 1.33 bits per heavy atom. The smallest absolute Gasteiger partial charge is 0.399 e. The molecule has 0 atom stereocenters. The van der Waals surface area contributed by atoms with Crippen LogP contribution in [0.4, 0.5) is 18.9 Å². The van der Waals surface area contributed by atoms with Gasteiger partial charge in [-0.15, -0.1) is 0 Å². The molecule has 6 heteroatoms. The molecule has 0 saturated heterocycles. The number of benzene rings is 1. The van der Waals surface area contributed by atoms with E-state index in [2.05, 4.69) is 5.10 Å². The van der Waals surface area contributed by atoms with Crippen LogP contribution in [-0.4, -0.2) is 9.78 Å². The Morgan fingerprint density at radius 2 is 2.00 bits per heavy atom. The zero-order chi connectivity index (χ0) is 11.2. The molecule has 2 rings (SSSR count). The molecule has 2 aromatic rings. The Hall–Kier alpha value is -1.72. The molecule has 0 aliphatic heterocycles. The van der Waals surface area contributed by atoms with Crippen LogP contribution >= 0.6 is 0 Å². The maximum Gasteiger partial charge on any atom is 0.433 e. The number of anilines is 1. The predicted molar refractivity (Wildman–Crippen MR) is 50.1 cm³/mol. The molecule has 0 fully saturated rings.